The lowest BCUT2D eigenvalue weighted by Gasteiger charge is -2.12. The lowest BCUT2D eigenvalue weighted by atomic mass is 10.1. The Morgan fingerprint density at radius 3 is 2.85 bits per heavy atom. The van der Waals surface area contributed by atoms with Gasteiger partial charge in [-0.05, 0) is 37.6 Å². The Morgan fingerprint density at radius 2 is 2.15 bits per heavy atom. The van der Waals surface area contributed by atoms with Gasteiger partial charge in [0.25, 0.3) is 5.91 Å². The van der Waals surface area contributed by atoms with Crippen LogP contribution < -0.4 is 10.9 Å². The van der Waals surface area contributed by atoms with Gasteiger partial charge >= 0.3 is 5.63 Å². The van der Waals surface area contributed by atoms with Crippen LogP contribution in [0.25, 0.3) is 11.0 Å². The van der Waals surface area contributed by atoms with Gasteiger partial charge in [0.15, 0.2) is 0 Å². The molecule has 0 radical (unpaired) electrons. The van der Waals surface area contributed by atoms with Crippen LogP contribution in [0, 0.1) is 0 Å². The minimum atomic E-state index is -0.638. The molecule has 0 aliphatic rings. The van der Waals surface area contributed by atoms with Gasteiger partial charge in [-0.3, -0.25) is 4.79 Å². The van der Waals surface area contributed by atoms with E-state index >= 15 is 0 Å². The van der Waals surface area contributed by atoms with Crippen LogP contribution in [-0.2, 0) is 0 Å². The van der Waals surface area contributed by atoms with E-state index in [2.05, 4.69) is 5.32 Å². The number of halogens is 1. The molecule has 0 aliphatic carbocycles. The number of rotatable bonds is 4. The van der Waals surface area contributed by atoms with E-state index in [1.165, 1.54) is 6.07 Å². The van der Waals surface area contributed by atoms with E-state index in [1.54, 1.807) is 18.2 Å². The predicted molar refractivity (Wildman–Crippen MR) is 79.3 cm³/mol. The van der Waals surface area contributed by atoms with Crippen LogP contribution in [0.5, 0.6) is 0 Å². The number of nitrogens with one attached hydrogen (secondary N) is 1. The number of benzene rings is 1. The number of carbonyl (C=O) groups is 1. The zero-order valence-corrected chi connectivity index (χ0v) is 12.2. The summed E-state index contributed by atoms with van der Waals surface area (Å²) in [6.45, 7) is 3.94. The highest BCUT2D eigenvalue weighted by Gasteiger charge is 2.15. The molecule has 106 valence electrons. The number of amides is 1. The Hall–Kier alpha value is -1.81. The molecule has 20 heavy (non-hydrogen) atoms. The van der Waals surface area contributed by atoms with E-state index in [1.807, 2.05) is 13.8 Å². The number of carbonyl (C=O) groups excluding carboxylic acids is 1. The van der Waals surface area contributed by atoms with Crippen LogP contribution >= 0.6 is 11.6 Å². The lowest BCUT2D eigenvalue weighted by molar-refractivity contribution is 0.0935. The van der Waals surface area contributed by atoms with E-state index < -0.39 is 11.5 Å². The maximum atomic E-state index is 12.1. The van der Waals surface area contributed by atoms with Crippen LogP contribution in [0.15, 0.2) is 33.5 Å². The predicted octanol–water partition coefficient (Wildman–Crippen LogP) is 3.36. The summed E-state index contributed by atoms with van der Waals surface area (Å²) in [6.07, 6.45) is 1.82. The molecule has 0 aliphatic heterocycles. The first-order valence-electron chi connectivity index (χ1n) is 6.55. The third-order valence-electron chi connectivity index (χ3n) is 3.04. The van der Waals surface area contributed by atoms with Gasteiger partial charge in [-0.1, -0.05) is 24.9 Å². The second-order valence-corrected chi connectivity index (χ2v) is 5.23. The average molecular weight is 294 g/mol. The Kier molecular flexibility index (Phi) is 4.45. The zero-order chi connectivity index (χ0) is 14.7. The molecule has 0 spiro atoms. The van der Waals surface area contributed by atoms with Crippen LogP contribution in [0.2, 0.25) is 5.02 Å². The van der Waals surface area contributed by atoms with Crippen LogP contribution in [-0.4, -0.2) is 11.9 Å². The molecule has 2 aromatic rings. The third kappa shape index (κ3) is 3.20. The molecule has 0 saturated heterocycles. The van der Waals surface area contributed by atoms with Gasteiger partial charge in [0.05, 0.1) is 0 Å². The summed E-state index contributed by atoms with van der Waals surface area (Å²) in [7, 11) is 0. The van der Waals surface area contributed by atoms with Gasteiger partial charge in [-0.2, -0.15) is 0 Å². The first-order valence-corrected chi connectivity index (χ1v) is 6.93. The summed E-state index contributed by atoms with van der Waals surface area (Å²) in [5.41, 5.74) is -0.221. The average Bonchev–Trinajstić information content (AvgIpc) is 2.38. The molecule has 1 aromatic heterocycles. The summed E-state index contributed by atoms with van der Waals surface area (Å²) in [5.74, 6) is -0.415. The smallest absolute Gasteiger partial charge is 0.349 e. The van der Waals surface area contributed by atoms with Crippen molar-refractivity contribution < 1.29 is 9.21 Å². The van der Waals surface area contributed by atoms with Crippen molar-refractivity contribution in [3.8, 4) is 0 Å². The molecule has 1 atom stereocenters. The fourth-order valence-electron chi connectivity index (χ4n) is 2.06. The number of fused-ring (bicyclic) bond motifs is 1. The van der Waals surface area contributed by atoms with Gasteiger partial charge in [-0.15, -0.1) is 0 Å². The molecule has 1 N–H and O–H groups in total. The van der Waals surface area contributed by atoms with Crippen molar-refractivity contribution in [3.05, 3.63) is 45.3 Å². The topological polar surface area (TPSA) is 59.3 Å². The minimum Gasteiger partial charge on any atom is -0.422 e. The lowest BCUT2D eigenvalue weighted by Crippen LogP contribution is -2.35. The monoisotopic (exact) mass is 293 g/mol. The van der Waals surface area contributed by atoms with Crippen LogP contribution in [0.4, 0.5) is 0 Å². The van der Waals surface area contributed by atoms with Crippen LogP contribution in [0.3, 0.4) is 0 Å². The molecule has 0 bridgehead atoms. The van der Waals surface area contributed by atoms with E-state index in [0.29, 0.717) is 16.0 Å². The van der Waals surface area contributed by atoms with Gasteiger partial charge in [-0.25, -0.2) is 4.79 Å². The van der Waals surface area contributed by atoms with Crippen molar-refractivity contribution in [2.75, 3.05) is 0 Å². The first-order chi connectivity index (χ1) is 9.51. The van der Waals surface area contributed by atoms with Gasteiger partial charge in [0.2, 0.25) is 0 Å². The second kappa shape index (κ2) is 6.09. The largest absolute Gasteiger partial charge is 0.422 e. The number of hydrogen-bond acceptors (Lipinski definition) is 3. The Morgan fingerprint density at radius 1 is 1.40 bits per heavy atom. The molecule has 5 heteroatoms. The summed E-state index contributed by atoms with van der Waals surface area (Å²) < 4.78 is 5.14. The standard InChI is InChI=1S/C15H16ClNO3/c1-3-4-9(2)17-14(18)12-8-10-7-11(16)5-6-13(10)20-15(12)19/h5-9H,3-4H2,1-2H3,(H,17,18). The molecule has 1 amide bonds. The Balaban J connectivity index is 2.36. The Labute approximate surface area is 121 Å². The SMILES string of the molecule is CCCC(C)NC(=O)c1cc2cc(Cl)ccc2oc1=O. The molecule has 4 nitrogen and oxygen atoms in total. The van der Waals surface area contributed by atoms with E-state index in [4.69, 9.17) is 16.0 Å². The van der Waals surface area contributed by atoms with E-state index in [-0.39, 0.29) is 11.6 Å². The van der Waals surface area contributed by atoms with Crippen LogP contribution in [0.1, 0.15) is 37.0 Å². The fourth-order valence-corrected chi connectivity index (χ4v) is 2.24. The third-order valence-corrected chi connectivity index (χ3v) is 3.27. The first kappa shape index (κ1) is 14.6. The summed E-state index contributed by atoms with van der Waals surface area (Å²) in [4.78, 5) is 23.9. The highest BCUT2D eigenvalue weighted by Crippen LogP contribution is 2.18. The van der Waals surface area contributed by atoms with E-state index in [0.717, 1.165) is 12.8 Å². The Bertz CT molecular complexity index is 693. The zero-order valence-electron chi connectivity index (χ0n) is 11.4. The molecular formula is C15H16ClNO3. The van der Waals surface area contributed by atoms with Gasteiger partial charge in [0, 0.05) is 16.5 Å². The van der Waals surface area contributed by atoms with Crippen molar-refractivity contribution in [2.45, 2.75) is 32.7 Å². The fraction of sp³-hybridized carbons (Fsp3) is 0.333. The van der Waals surface area contributed by atoms with Crippen molar-refractivity contribution in [2.24, 2.45) is 0 Å². The normalized spacial score (nSPS) is 12.3. The summed E-state index contributed by atoms with van der Waals surface area (Å²) >= 11 is 5.90. The molecular weight excluding hydrogens is 278 g/mol. The molecule has 1 unspecified atom stereocenters. The maximum absolute atomic E-state index is 12.1. The van der Waals surface area contributed by atoms with Crippen molar-refractivity contribution in [1.82, 2.24) is 5.32 Å². The summed E-state index contributed by atoms with van der Waals surface area (Å²) in [5, 5.41) is 3.94. The minimum absolute atomic E-state index is 0.00252. The highest BCUT2D eigenvalue weighted by molar-refractivity contribution is 6.31. The highest BCUT2D eigenvalue weighted by atomic mass is 35.5. The van der Waals surface area contributed by atoms with Crippen molar-refractivity contribution in [3.63, 3.8) is 0 Å². The number of hydrogen-bond donors (Lipinski definition) is 1. The molecule has 0 fully saturated rings. The van der Waals surface area contributed by atoms with E-state index in [9.17, 15) is 9.59 Å². The maximum Gasteiger partial charge on any atom is 0.349 e. The quantitative estimate of drug-likeness (QED) is 0.879. The molecule has 0 saturated carbocycles. The van der Waals surface area contributed by atoms with Gasteiger partial charge < -0.3 is 9.73 Å². The van der Waals surface area contributed by atoms with Gasteiger partial charge in [0.1, 0.15) is 11.1 Å². The van der Waals surface area contributed by atoms with Crippen molar-refractivity contribution in [1.29, 1.82) is 0 Å². The van der Waals surface area contributed by atoms with Crippen molar-refractivity contribution >= 4 is 28.5 Å². The summed E-state index contributed by atoms with van der Waals surface area (Å²) in [6, 6.07) is 6.44. The second-order valence-electron chi connectivity index (χ2n) is 4.79. The molecule has 1 heterocycles. The molecule has 1 aromatic carbocycles. The molecule has 2 rings (SSSR count).